The number of hydrogen-bond acceptors (Lipinski definition) is 8. The van der Waals surface area contributed by atoms with Crippen LogP contribution in [0, 0.1) is 5.92 Å². The van der Waals surface area contributed by atoms with Gasteiger partial charge in [-0.05, 0) is 57.2 Å². The third-order valence-corrected chi connectivity index (χ3v) is 6.96. The molecule has 1 aliphatic carbocycles. The van der Waals surface area contributed by atoms with Crippen molar-refractivity contribution in [2.24, 2.45) is 5.92 Å². The predicted molar refractivity (Wildman–Crippen MR) is 151 cm³/mol. The summed E-state index contributed by atoms with van der Waals surface area (Å²) in [4.78, 5) is 50.7. The first-order chi connectivity index (χ1) is 19.1. The lowest BCUT2D eigenvalue weighted by atomic mass is 9.89. The molecule has 0 heterocycles. The summed E-state index contributed by atoms with van der Waals surface area (Å²) < 4.78 is 16.9. The SMILES string of the molecule is CCCCCC(=O)Oc1ccc(C[C@](NC(C)C)(OC(=O)C2CCCCC2)C(=O)O)cc1OC(=O)CCCCC. The number of carboxylic acid groups (broad SMARTS) is 1. The maximum Gasteiger partial charge on any atom is 0.364 e. The van der Waals surface area contributed by atoms with Crippen molar-refractivity contribution in [1.29, 1.82) is 0 Å². The molecule has 2 rings (SSSR count). The maximum absolute atomic E-state index is 13.1. The number of unbranched alkanes of at least 4 members (excludes halogenated alkanes) is 4. The van der Waals surface area contributed by atoms with E-state index in [1.54, 1.807) is 19.9 Å². The number of carbonyl (C=O) groups is 4. The number of carboxylic acids is 1. The highest BCUT2D eigenvalue weighted by Gasteiger charge is 2.45. The molecule has 9 heteroatoms. The van der Waals surface area contributed by atoms with E-state index < -0.39 is 29.6 Å². The molecule has 1 atom stereocenters. The highest BCUT2D eigenvalue weighted by atomic mass is 16.6. The standard InChI is InChI=1S/C31H47NO8/c1-5-7-10-16-27(33)38-25-19-18-23(20-26(25)39-28(34)17-11-8-6-2)21-31(30(36)37,32-22(3)4)40-29(35)24-14-12-9-13-15-24/h18-20,22,24,32H,5-17,21H2,1-4H3,(H,36,37)/t31-/m0/s1. The first-order valence-electron chi connectivity index (χ1n) is 14.9. The summed E-state index contributed by atoms with van der Waals surface area (Å²) in [5, 5.41) is 13.2. The molecular weight excluding hydrogens is 514 g/mol. The van der Waals surface area contributed by atoms with Gasteiger partial charge in [-0.2, -0.15) is 0 Å². The van der Waals surface area contributed by atoms with E-state index in [1.165, 1.54) is 12.1 Å². The van der Waals surface area contributed by atoms with Gasteiger partial charge in [0.05, 0.1) is 5.92 Å². The van der Waals surface area contributed by atoms with Crippen LogP contribution in [0.5, 0.6) is 11.5 Å². The zero-order chi connectivity index (χ0) is 29.5. The molecule has 9 nitrogen and oxygen atoms in total. The smallest absolute Gasteiger partial charge is 0.364 e. The number of carbonyl (C=O) groups excluding carboxylic acids is 3. The lowest BCUT2D eigenvalue weighted by Crippen LogP contribution is -2.59. The van der Waals surface area contributed by atoms with E-state index in [1.807, 2.05) is 13.8 Å². The maximum atomic E-state index is 13.1. The molecule has 0 aliphatic heterocycles. The van der Waals surface area contributed by atoms with Crippen LogP contribution in [0.4, 0.5) is 0 Å². The average Bonchev–Trinajstić information content (AvgIpc) is 2.90. The van der Waals surface area contributed by atoms with Crippen LogP contribution in [0.25, 0.3) is 0 Å². The second-order valence-electron chi connectivity index (χ2n) is 11.0. The van der Waals surface area contributed by atoms with Gasteiger partial charge in [-0.3, -0.25) is 19.7 Å². The van der Waals surface area contributed by atoms with Gasteiger partial charge < -0.3 is 19.3 Å². The minimum atomic E-state index is -2.02. The zero-order valence-corrected chi connectivity index (χ0v) is 24.6. The van der Waals surface area contributed by atoms with Gasteiger partial charge in [-0.15, -0.1) is 0 Å². The van der Waals surface area contributed by atoms with Crippen molar-refractivity contribution in [2.75, 3.05) is 0 Å². The Morgan fingerprint density at radius 3 is 2.00 bits per heavy atom. The quantitative estimate of drug-likeness (QED) is 0.100. The van der Waals surface area contributed by atoms with Crippen molar-refractivity contribution in [3.05, 3.63) is 23.8 Å². The van der Waals surface area contributed by atoms with Crippen LogP contribution < -0.4 is 14.8 Å². The van der Waals surface area contributed by atoms with Crippen molar-refractivity contribution < 1.29 is 38.5 Å². The number of aliphatic carboxylic acids is 1. The molecule has 2 N–H and O–H groups in total. The number of benzene rings is 1. The number of rotatable bonds is 17. The van der Waals surface area contributed by atoms with E-state index in [0.29, 0.717) is 31.2 Å². The second-order valence-corrected chi connectivity index (χ2v) is 11.0. The van der Waals surface area contributed by atoms with E-state index in [2.05, 4.69) is 5.32 Å². The molecule has 0 saturated heterocycles. The van der Waals surface area contributed by atoms with Gasteiger partial charge in [0.15, 0.2) is 11.5 Å². The Kier molecular flexibility index (Phi) is 14.1. The Hall–Kier alpha value is -2.94. The molecule has 0 radical (unpaired) electrons. The lowest BCUT2D eigenvalue weighted by Gasteiger charge is -2.34. The summed E-state index contributed by atoms with van der Waals surface area (Å²) in [6, 6.07) is 4.26. The summed E-state index contributed by atoms with van der Waals surface area (Å²) in [6.45, 7) is 7.62. The van der Waals surface area contributed by atoms with E-state index in [4.69, 9.17) is 14.2 Å². The van der Waals surface area contributed by atoms with E-state index in [-0.39, 0.29) is 42.7 Å². The number of ether oxygens (including phenoxy) is 3. The highest BCUT2D eigenvalue weighted by molar-refractivity contribution is 5.83. The molecule has 1 fully saturated rings. The molecule has 0 spiro atoms. The highest BCUT2D eigenvalue weighted by Crippen LogP contribution is 2.33. The van der Waals surface area contributed by atoms with Crippen LogP contribution in [-0.2, 0) is 30.3 Å². The summed E-state index contributed by atoms with van der Waals surface area (Å²) in [6.07, 6.45) is 9.46. The second kappa shape index (κ2) is 17.0. The Labute approximate surface area is 238 Å². The molecule has 0 bridgehead atoms. The number of esters is 3. The molecule has 1 saturated carbocycles. The van der Waals surface area contributed by atoms with Crippen LogP contribution in [0.1, 0.15) is 117 Å². The zero-order valence-electron chi connectivity index (χ0n) is 24.6. The first-order valence-corrected chi connectivity index (χ1v) is 14.9. The minimum Gasteiger partial charge on any atom is -0.477 e. The van der Waals surface area contributed by atoms with Crippen LogP contribution in [0.2, 0.25) is 0 Å². The third-order valence-electron chi connectivity index (χ3n) is 6.96. The van der Waals surface area contributed by atoms with Gasteiger partial charge in [-0.1, -0.05) is 64.9 Å². The van der Waals surface area contributed by atoms with Gasteiger partial charge in [0.2, 0.25) is 0 Å². The molecule has 0 amide bonds. The lowest BCUT2D eigenvalue weighted by molar-refractivity contribution is -0.188. The predicted octanol–water partition coefficient (Wildman–Crippen LogP) is 6.10. The molecule has 1 aromatic carbocycles. The summed E-state index contributed by atoms with van der Waals surface area (Å²) in [5.41, 5.74) is -1.59. The largest absolute Gasteiger partial charge is 0.477 e. The van der Waals surface area contributed by atoms with Gasteiger partial charge >= 0.3 is 23.9 Å². The van der Waals surface area contributed by atoms with Gasteiger partial charge in [-0.25, -0.2) is 4.79 Å². The number of nitrogens with one attached hydrogen (secondary N) is 1. The number of hydrogen-bond donors (Lipinski definition) is 2. The topological polar surface area (TPSA) is 128 Å². The molecule has 0 aromatic heterocycles. The molecule has 1 aliphatic rings. The van der Waals surface area contributed by atoms with Crippen molar-refractivity contribution >= 4 is 23.9 Å². The Balaban J connectivity index is 2.35. The van der Waals surface area contributed by atoms with Crippen LogP contribution in [0.3, 0.4) is 0 Å². The first kappa shape index (κ1) is 33.3. The van der Waals surface area contributed by atoms with Gasteiger partial charge in [0.1, 0.15) is 0 Å². The van der Waals surface area contributed by atoms with Crippen molar-refractivity contribution in [1.82, 2.24) is 5.32 Å². The van der Waals surface area contributed by atoms with Crippen molar-refractivity contribution in [3.63, 3.8) is 0 Å². The third kappa shape index (κ3) is 10.9. The van der Waals surface area contributed by atoms with Crippen LogP contribution in [-0.4, -0.2) is 40.8 Å². The average molecular weight is 562 g/mol. The monoisotopic (exact) mass is 561 g/mol. The molecular formula is C31H47NO8. The fourth-order valence-corrected chi connectivity index (χ4v) is 4.86. The fourth-order valence-electron chi connectivity index (χ4n) is 4.86. The Morgan fingerprint density at radius 1 is 0.900 bits per heavy atom. The normalized spacial score (nSPS) is 15.3. The Morgan fingerprint density at radius 2 is 1.48 bits per heavy atom. The van der Waals surface area contributed by atoms with E-state index in [0.717, 1.165) is 44.9 Å². The van der Waals surface area contributed by atoms with Crippen LogP contribution in [0.15, 0.2) is 18.2 Å². The minimum absolute atomic E-state index is 0.0327. The molecule has 224 valence electrons. The van der Waals surface area contributed by atoms with Crippen molar-refractivity contribution in [3.8, 4) is 11.5 Å². The summed E-state index contributed by atoms with van der Waals surface area (Å²) in [5.74, 6) is -2.98. The van der Waals surface area contributed by atoms with Gasteiger partial charge in [0, 0.05) is 25.3 Å². The van der Waals surface area contributed by atoms with E-state index in [9.17, 15) is 24.3 Å². The fraction of sp³-hybridized carbons (Fsp3) is 0.677. The summed E-state index contributed by atoms with van der Waals surface area (Å²) >= 11 is 0. The summed E-state index contributed by atoms with van der Waals surface area (Å²) in [7, 11) is 0. The Bertz CT molecular complexity index is 986. The van der Waals surface area contributed by atoms with E-state index >= 15 is 0 Å². The van der Waals surface area contributed by atoms with Crippen molar-refractivity contribution in [2.45, 2.75) is 129 Å². The van der Waals surface area contributed by atoms with Gasteiger partial charge in [0.25, 0.3) is 5.72 Å². The molecule has 0 unspecified atom stereocenters. The molecule has 1 aromatic rings. The van der Waals surface area contributed by atoms with Crippen LogP contribution >= 0.6 is 0 Å². The molecule has 40 heavy (non-hydrogen) atoms.